The third-order valence-corrected chi connectivity index (χ3v) is 3.99. The van der Waals surface area contributed by atoms with Gasteiger partial charge >= 0.3 is 0 Å². The second-order valence-corrected chi connectivity index (χ2v) is 5.06. The molecule has 86 valence electrons. The minimum Gasteiger partial charge on any atom is -0.365 e. The average molecular weight is 236 g/mol. The van der Waals surface area contributed by atoms with Crippen LogP contribution in [0.3, 0.4) is 0 Å². The van der Waals surface area contributed by atoms with Crippen molar-refractivity contribution in [2.45, 2.75) is 39.0 Å². The van der Waals surface area contributed by atoms with Gasteiger partial charge in [-0.25, -0.2) is 4.99 Å². The molecule has 0 saturated carbocycles. The van der Waals surface area contributed by atoms with Gasteiger partial charge in [0.1, 0.15) is 5.00 Å². The van der Waals surface area contributed by atoms with Gasteiger partial charge in [-0.2, -0.15) is 0 Å². The molecule has 0 saturated heterocycles. The van der Waals surface area contributed by atoms with Gasteiger partial charge in [-0.15, -0.1) is 11.3 Å². The summed E-state index contributed by atoms with van der Waals surface area (Å²) >= 11 is 1.63. The number of carbonyl (C=O) groups is 1. The minimum atomic E-state index is -0.331. The van der Waals surface area contributed by atoms with Crippen LogP contribution < -0.4 is 5.73 Å². The molecular weight excluding hydrogens is 220 g/mol. The Bertz CT molecular complexity index is 434. The van der Waals surface area contributed by atoms with E-state index in [0.717, 1.165) is 36.2 Å². The van der Waals surface area contributed by atoms with E-state index in [2.05, 4.69) is 4.99 Å². The van der Waals surface area contributed by atoms with E-state index in [1.165, 1.54) is 11.3 Å². The predicted octanol–water partition coefficient (Wildman–Crippen LogP) is 2.84. The molecule has 4 heteroatoms. The quantitative estimate of drug-likeness (QED) is 0.806. The van der Waals surface area contributed by atoms with Gasteiger partial charge < -0.3 is 5.73 Å². The highest BCUT2D eigenvalue weighted by Gasteiger charge is 2.23. The van der Waals surface area contributed by atoms with E-state index >= 15 is 0 Å². The second kappa shape index (κ2) is 4.78. The Hall–Kier alpha value is -1.16. The number of aryl methyl sites for hydroxylation is 1. The van der Waals surface area contributed by atoms with Crippen molar-refractivity contribution in [3.63, 3.8) is 0 Å². The number of fused-ring (bicyclic) bond motifs is 1. The summed E-state index contributed by atoms with van der Waals surface area (Å²) in [7, 11) is 0. The van der Waals surface area contributed by atoms with Crippen LogP contribution in [-0.4, -0.2) is 12.1 Å². The Morgan fingerprint density at radius 1 is 1.50 bits per heavy atom. The molecule has 16 heavy (non-hydrogen) atoms. The van der Waals surface area contributed by atoms with Gasteiger partial charge in [0, 0.05) is 11.1 Å². The van der Waals surface area contributed by atoms with E-state index in [9.17, 15) is 4.79 Å². The normalized spacial score (nSPS) is 15.3. The van der Waals surface area contributed by atoms with Crippen molar-refractivity contribution in [1.29, 1.82) is 0 Å². The van der Waals surface area contributed by atoms with E-state index in [4.69, 9.17) is 5.73 Å². The van der Waals surface area contributed by atoms with Crippen LogP contribution in [0.1, 0.15) is 47.0 Å². The molecule has 0 bridgehead atoms. The molecule has 1 aromatic rings. The van der Waals surface area contributed by atoms with E-state index in [1.807, 2.05) is 13.1 Å². The summed E-state index contributed by atoms with van der Waals surface area (Å²) in [5.41, 5.74) is 7.28. The van der Waals surface area contributed by atoms with Crippen LogP contribution in [0.25, 0.3) is 0 Å². The van der Waals surface area contributed by atoms with Gasteiger partial charge in [-0.05, 0) is 37.7 Å². The monoisotopic (exact) mass is 236 g/mol. The number of nitrogens with zero attached hydrogens (tertiary/aromatic N) is 1. The molecule has 0 aliphatic heterocycles. The summed E-state index contributed by atoms with van der Waals surface area (Å²) in [4.78, 5) is 17.1. The van der Waals surface area contributed by atoms with Crippen LogP contribution in [-0.2, 0) is 12.8 Å². The second-order valence-electron chi connectivity index (χ2n) is 3.98. The molecule has 1 aliphatic rings. The van der Waals surface area contributed by atoms with Crippen molar-refractivity contribution in [1.82, 2.24) is 0 Å². The molecule has 0 radical (unpaired) electrons. The van der Waals surface area contributed by atoms with E-state index < -0.39 is 0 Å². The Morgan fingerprint density at radius 3 is 2.94 bits per heavy atom. The van der Waals surface area contributed by atoms with Crippen LogP contribution in [0.5, 0.6) is 0 Å². The van der Waals surface area contributed by atoms with Crippen molar-refractivity contribution in [2.24, 2.45) is 10.7 Å². The summed E-state index contributed by atoms with van der Waals surface area (Å²) < 4.78 is 0. The van der Waals surface area contributed by atoms with Crippen LogP contribution in [0, 0.1) is 0 Å². The number of rotatable bonds is 3. The number of aliphatic imine (C=N–C) groups is 1. The smallest absolute Gasteiger partial charge is 0.252 e. The topological polar surface area (TPSA) is 55.4 Å². The van der Waals surface area contributed by atoms with Crippen molar-refractivity contribution >= 4 is 28.5 Å². The summed E-state index contributed by atoms with van der Waals surface area (Å²) in [6.07, 6.45) is 7.13. The molecule has 2 N–H and O–H groups in total. The first-order chi connectivity index (χ1) is 7.74. The van der Waals surface area contributed by atoms with Gasteiger partial charge in [0.2, 0.25) is 0 Å². The zero-order chi connectivity index (χ0) is 11.5. The molecule has 0 atom stereocenters. The number of primary amides is 1. The summed E-state index contributed by atoms with van der Waals surface area (Å²) in [6, 6.07) is 0. The third kappa shape index (κ3) is 2.02. The molecule has 0 spiro atoms. The molecule has 0 fully saturated rings. The zero-order valence-electron chi connectivity index (χ0n) is 9.45. The van der Waals surface area contributed by atoms with Gasteiger partial charge in [0.15, 0.2) is 0 Å². The zero-order valence-corrected chi connectivity index (χ0v) is 10.3. The Morgan fingerprint density at radius 2 is 2.25 bits per heavy atom. The van der Waals surface area contributed by atoms with Crippen LogP contribution in [0.15, 0.2) is 4.99 Å². The highest BCUT2D eigenvalue weighted by atomic mass is 32.1. The van der Waals surface area contributed by atoms with Crippen LogP contribution in [0.4, 0.5) is 5.00 Å². The van der Waals surface area contributed by atoms with Crippen LogP contribution in [0.2, 0.25) is 0 Å². The Balaban J connectivity index is 2.47. The van der Waals surface area contributed by atoms with Gasteiger partial charge in [0.05, 0.1) is 5.56 Å². The summed E-state index contributed by atoms with van der Waals surface area (Å²) in [5.74, 6) is -0.331. The van der Waals surface area contributed by atoms with E-state index in [1.54, 1.807) is 11.3 Å². The Kier molecular flexibility index (Phi) is 3.39. The van der Waals surface area contributed by atoms with Gasteiger partial charge in [0.25, 0.3) is 5.91 Å². The lowest BCUT2D eigenvalue weighted by Gasteiger charge is -2.10. The van der Waals surface area contributed by atoms with Crippen LogP contribution >= 0.6 is 11.3 Å². The summed E-state index contributed by atoms with van der Waals surface area (Å²) in [5, 5.41) is 0.807. The standard InChI is InChI=1S/C12H16N2OS/c1-2-7-14-12-10(11(13)15)8-5-3-4-6-9(8)16-12/h7H,2-6H2,1H3,(H2,13,15)/b14-7-. The first-order valence-corrected chi connectivity index (χ1v) is 6.52. The third-order valence-electron chi connectivity index (χ3n) is 2.79. The van der Waals surface area contributed by atoms with Gasteiger partial charge in [-0.3, -0.25) is 4.79 Å². The molecule has 1 aromatic heterocycles. The fraction of sp³-hybridized carbons (Fsp3) is 0.500. The highest BCUT2D eigenvalue weighted by Crippen LogP contribution is 2.39. The highest BCUT2D eigenvalue weighted by molar-refractivity contribution is 7.16. The predicted molar refractivity (Wildman–Crippen MR) is 67.9 cm³/mol. The number of hydrogen-bond acceptors (Lipinski definition) is 3. The van der Waals surface area contributed by atoms with Crippen molar-refractivity contribution < 1.29 is 4.79 Å². The van der Waals surface area contributed by atoms with Gasteiger partial charge in [-0.1, -0.05) is 6.92 Å². The molecule has 0 unspecified atom stereocenters. The number of thiophene rings is 1. The average Bonchev–Trinajstić information content (AvgIpc) is 2.64. The first kappa shape index (κ1) is 11.3. The first-order valence-electron chi connectivity index (χ1n) is 5.71. The maximum Gasteiger partial charge on any atom is 0.252 e. The number of carbonyl (C=O) groups excluding carboxylic acids is 1. The van der Waals surface area contributed by atoms with Crippen molar-refractivity contribution in [3.05, 3.63) is 16.0 Å². The fourth-order valence-electron chi connectivity index (χ4n) is 2.07. The summed E-state index contributed by atoms with van der Waals surface area (Å²) in [6.45, 7) is 2.03. The van der Waals surface area contributed by atoms with E-state index in [0.29, 0.717) is 5.56 Å². The number of nitrogens with two attached hydrogens (primary N) is 1. The molecule has 0 aromatic carbocycles. The molecular formula is C12H16N2OS. The SMILES string of the molecule is CC/C=N\c1sc2c(c1C(N)=O)CCCC2. The fourth-order valence-corrected chi connectivity index (χ4v) is 3.33. The maximum atomic E-state index is 11.5. The number of amides is 1. The maximum absolute atomic E-state index is 11.5. The molecule has 3 nitrogen and oxygen atoms in total. The van der Waals surface area contributed by atoms with E-state index in [-0.39, 0.29) is 5.91 Å². The van der Waals surface area contributed by atoms with Crippen molar-refractivity contribution in [2.75, 3.05) is 0 Å². The molecule has 2 rings (SSSR count). The van der Waals surface area contributed by atoms with Crippen molar-refractivity contribution in [3.8, 4) is 0 Å². The minimum absolute atomic E-state index is 0.331. The lowest BCUT2D eigenvalue weighted by Crippen LogP contribution is -2.14. The Labute approximate surface area is 99.4 Å². The largest absolute Gasteiger partial charge is 0.365 e. The lowest BCUT2D eigenvalue weighted by atomic mass is 9.95. The number of hydrogen-bond donors (Lipinski definition) is 1. The molecule has 1 heterocycles. The lowest BCUT2D eigenvalue weighted by molar-refractivity contribution is 0.100. The molecule has 1 aliphatic carbocycles. The molecule has 1 amide bonds.